The summed E-state index contributed by atoms with van der Waals surface area (Å²) < 4.78 is 17.5. The van der Waals surface area contributed by atoms with Gasteiger partial charge in [-0.05, 0) is 12.8 Å². The van der Waals surface area contributed by atoms with E-state index >= 15 is 0 Å². The van der Waals surface area contributed by atoms with Crippen molar-refractivity contribution in [1.82, 2.24) is 0 Å². The molecule has 0 N–H and O–H groups in total. The highest BCUT2D eigenvalue weighted by atomic mass is 31.2. The second kappa shape index (κ2) is 9.47. The minimum absolute atomic E-state index is 0.259. The van der Waals surface area contributed by atoms with Crippen LogP contribution in [0.25, 0.3) is 0 Å². The van der Waals surface area contributed by atoms with Crippen molar-refractivity contribution >= 4 is 13.1 Å². The summed E-state index contributed by atoms with van der Waals surface area (Å²) in [5.74, 6) is -0.428. The molecule has 0 atom stereocenters. The monoisotopic (exact) mass is 260 g/mol. The fourth-order valence-corrected chi connectivity index (χ4v) is 4.48. The molecule has 0 aliphatic carbocycles. The lowest BCUT2D eigenvalue weighted by Gasteiger charge is -2.17. The Morgan fingerprint density at radius 2 is 1.71 bits per heavy atom. The van der Waals surface area contributed by atoms with E-state index in [1.54, 1.807) is 0 Å². The Balaban J connectivity index is 4.12. The van der Waals surface area contributed by atoms with Crippen molar-refractivity contribution in [3.8, 4) is 0 Å². The van der Waals surface area contributed by atoms with Crippen LogP contribution in [0, 0.1) is 0 Å². The highest BCUT2D eigenvalue weighted by Gasteiger charge is 2.20. The molecule has 100 valence electrons. The van der Waals surface area contributed by atoms with Gasteiger partial charge in [-0.15, -0.1) is 0 Å². The maximum absolute atomic E-state index is 12.6. The molecular weight excluding hydrogens is 235 g/mol. The van der Waals surface area contributed by atoms with Gasteiger partial charge in [0.1, 0.15) is 0 Å². The van der Waals surface area contributed by atoms with E-state index in [-0.39, 0.29) is 6.61 Å². The first-order valence-electron chi connectivity index (χ1n) is 6.44. The second-order valence-corrected chi connectivity index (χ2v) is 7.77. The maximum Gasteiger partial charge on any atom is 0.330 e. The highest BCUT2D eigenvalue weighted by Crippen LogP contribution is 2.46. The van der Waals surface area contributed by atoms with Crippen molar-refractivity contribution < 1.29 is 14.1 Å². The summed E-state index contributed by atoms with van der Waals surface area (Å²) in [6.07, 6.45) is 7.35. The van der Waals surface area contributed by atoms with Crippen LogP contribution < -0.4 is 0 Å². The normalized spacial score (nSPS) is 11.2. The van der Waals surface area contributed by atoms with E-state index in [1.165, 1.54) is 0 Å². The zero-order chi connectivity index (χ0) is 13.1. The smallest absolute Gasteiger partial charge is 0.330 e. The molecule has 0 radical (unpaired) electrons. The Hall–Kier alpha value is -0.560. The van der Waals surface area contributed by atoms with Crippen LogP contribution in [0.5, 0.6) is 0 Å². The average Bonchev–Trinajstić information content (AvgIpc) is 2.34. The molecule has 0 saturated carbocycles. The Labute approximate surface area is 105 Å². The minimum atomic E-state index is -2.13. The number of carbonyl (C=O) groups is 1. The van der Waals surface area contributed by atoms with Crippen molar-refractivity contribution in [2.75, 3.05) is 25.1 Å². The first kappa shape index (κ1) is 16.4. The lowest BCUT2D eigenvalue weighted by Crippen LogP contribution is -2.09. The molecule has 0 heterocycles. The summed E-state index contributed by atoms with van der Waals surface area (Å²) in [6, 6.07) is 0. The van der Waals surface area contributed by atoms with E-state index in [0.717, 1.165) is 44.1 Å². The maximum atomic E-state index is 12.6. The number of carbonyl (C=O) groups excluding carboxylic acids is 1. The molecule has 0 fully saturated rings. The predicted molar refractivity (Wildman–Crippen MR) is 73.2 cm³/mol. The molecule has 0 aromatic rings. The third-order valence-electron chi connectivity index (χ3n) is 2.75. The van der Waals surface area contributed by atoms with Crippen molar-refractivity contribution in [2.24, 2.45) is 0 Å². The molecule has 0 bridgehead atoms. The molecule has 0 aromatic carbocycles. The van der Waals surface area contributed by atoms with Gasteiger partial charge in [-0.3, -0.25) is 0 Å². The summed E-state index contributed by atoms with van der Waals surface area (Å²) in [6.45, 7) is 7.79. The Kier molecular flexibility index (Phi) is 9.16. The van der Waals surface area contributed by atoms with Crippen LogP contribution >= 0.6 is 7.14 Å². The number of rotatable bonds is 10. The predicted octanol–water partition coefficient (Wildman–Crippen LogP) is 3.68. The van der Waals surface area contributed by atoms with Crippen LogP contribution in [0.2, 0.25) is 0 Å². The number of hydrogen-bond acceptors (Lipinski definition) is 3. The van der Waals surface area contributed by atoms with Crippen molar-refractivity contribution in [2.45, 2.75) is 39.5 Å². The van der Waals surface area contributed by atoms with Crippen LogP contribution in [-0.4, -0.2) is 31.1 Å². The molecule has 0 aromatic heterocycles. The molecule has 17 heavy (non-hydrogen) atoms. The number of unbranched alkanes of at least 4 members (excludes halogenated alkanes) is 2. The summed E-state index contributed by atoms with van der Waals surface area (Å²) in [5.41, 5.74) is 0. The van der Waals surface area contributed by atoms with Gasteiger partial charge in [0.25, 0.3) is 0 Å². The lowest BCUT2D eigenvalue weighted by molar-refractivity contribution is -0.137. The number of hydrogen-bond donors (Lipinski definition) is 0. The summed E-state index contributed by atoms with van der Waals surface area (Å²) in [4.78, 5) is 10.9. The lowest BCUT2D eigenvalue weighted by atomic mass is 10.4. The molecule has 0 spiro atoms. The van der Waals surface area contributed by atoms with E-state index < -0.39 is 13.1 Å². The molecule has 0 rings (SSSR count). The fourth-order valence-electron chi connectivity index (χ4n) is 1.60. The summed E-state index contributed by atoms with van der Waals surface area (Å²) in [7, 11) is -2.13. The van der Waals surface area contributed by atoms with Gasteiger partial charge in [0, 0.05) is 24.6 Å². The van der Waals surface area contributed by atoms with Gasteiger partial charge in [-0.2, -0.15) is 0 Å². The van der Waals surface area contributed by atoms with Gasteiger partial charge in [0.2, 0.25) is 0 Å². The van der Waals surface area contributed by atoms with Crippen molar-refractivity contribution in [1.29, 1.82) is 0 Å². The van der Waals surface area contributed by atoms with Crippen LogP contribution in [0.1, 0.15) is 39.5 Å². The van der Waals surface area contributed by atoms with Crippen LogP contribution in [0.3, 0.4) is 0 Å². The van der Waals surface area contributed by atoms with E-state index in [9.17, 15) is 9.36 Å². The van der Waals surface area contributed by atoms with Gasteiger partial charge >= 0.3 is 5.97 Å². The quantitative estimate of drug-likeness (QED) is 0.342. The average molecular weight is 260 g/mol. The molecule has 3 nitrogen and oxygen atoms in total. The van der Waals surface area contributed by atoms with Crippen LogP contribution in [0.15, 0.2) is 12.7 Å². The van der Waals surface area contributed by atoms with Crippen LogP contribution in [0.4, 0.5) is 0 Å². The van der Waals surface area contributed by atoms with E-state index in [4.69, 9.17) is 4.74 Å². The third-order valence-corrected chi connectivity index (χ3v) is 6.01. The first-order valence-corrected chi connectivity index (χ1v) is 8.70. The first-order chi connectivity index (χ1) is 8.08. The molecule has 4 heteroatoms. The van der Waals surface area contributed by atoms with Crippen LogP contribution in [-0.2, 0) is 14.1 Å². The van der Waals surface area contributed by atoms with E-state index in [0.29, 0.717) is 6.16 Å². The van der Waals surface area contributed by atoms with E-state index in [2.05, 4.69) is 20.4 Å². The number of ether oxygens (including phenoxy) is 1. The van der Waals surface area contributed by atoms with Crippen molar-refractivity contribution in [3.63, 3.8) is 0 Å². The van der Waals surface area contributed by atoms with Crippen molar-refractivity contribution in [3.05, 3.63) is 12.7 Å². The zero-order valence-corrected chi connectivity index (χ0v) is 12.0. The molecule has 0 unspecified atom stereocenters. The van der Waals surface area contributed by atoms with Gasteiger partial charge < -0.3 is 9.30 Å². The fraction of sp³-hybridized carbons (Fsp3) is 0.769. The second-order valence-electron chi connectivity index (χ2n) is 4.31. The van der Waals surface area contributed by atoms with E-state index in [1.807, 2.05) is 0 Å². The SMILES string of the molecule is C=CC(=O)OCCP(=O)(CCCC)CCCC. The largest absolute Gasteiger partial charge is 0.462 e. The molecule has 0 aliphatic heterocycles. The van der Waals surface area contributed by atoms with Gasteiger partial charge in [0.15, 0.2) is 0 Å². The van der Waals surface area contributed by atoms with Gasteiger partial charge in [-0.1, -0.05) is 33.3 Å². The zero-order valence-electron chi connectivity index (χ0n) is 11.1. The standard InChI is InChI=1S/C13H25O3P/c1-4-7-10-17(15,11-8-5-2)12-9-16-13(14)6-3/h6H,3-5,7-12H2,1-2H3. The topological polar surface area (TPSA) is 43.4 Å². The Morgan fingerprint density at radius 3 is 2.12 bits per heavy atom. The molecule has 0 aliphatic rings. The third kappa shape index (κ3) is 8.20. The molecule has 0 saturated heterocycles. The Bertz CT molecular complexity index is 262. The molecule has 0 amide bonds. The molecular formula is C13H25O3P. The number of esters is 1. The van der Waals surface area contributed by atoms with Gasteiger partial charge in [0.05, 0.1) is 13.7 Å². The van der Waals surface area contributed by atoms with Gasteiger partial charge in [-0.25, -0.2) is 4.79 Å². The summed E-state index contributed by atoms with van der Waals surface area (Å²) in [5, 5.41) is 0. The highest BCUT2D eigenvalue weighted by molar-refractivity contribution is 7.63. The minimum Gasteiger partial charge on any atom is -0.462 e. The Morgan fingerprint density at radius 1 is 1.18 bits per heavy atom. The summed E-state index contributed by atoms with van der Waals surface area (Å²) >= 11 is 0.